The standard InChI is InChI=1S/C15H21N3OS/c1-5-19-13-12(7-6-8-16-13)17-9-11-10-18-14(20-11)15(2,3)4/h6-8,10,17H,5,9H2,1-4H3. The van der Waals surface area contributed by atoms with Crippen LogP contribution in [0.25, 0.3) is 0 Å². The van der Waals surface area contributed by atoms with Gasteiger partial charge >= 0.3 is 0 Å². The van der Waals surface area contributed by atoms with Crippen molar-refractivity contribution in [3.8, 4) is 5.88 Å². The Morgan fingerprint density at radius 1 is 1.30 bits per heavy atom. The monoisotopic (exact) mass is 291 g/mol. The molecule has 0 spiro atoms. The highest BCUT2D eigenvalue weighted by Crippen LogP contribution is 2.28. The van der Waals surface area contributed by atoms with Crippen LogP contribution in [0.1, 0.15) is 37.6 Å². The van der Waals surface area contributed by atoms with Crippen LogP contribution in [0.2, 0.25) is 0 Å². The zero-order valence-corrected chi connectivity index (χ0v) is 13.3. The number of pyridine rings is 1. The molecule has 0 aliphatic rings. The largest absolute Gasteiger partial charge is 0.476 e. The van der Waals surface area contributed by atoms with Crippen molar-refractivity contribution in [3.63, 3.8) is 0 Å². The molecule has 0 unspecified atom stereocenters. The van der Waals surface area contributed by atoms with Gasteiger partial charge in [0, 0.05) is 22.7 Å². The number of aromatic nitrogens is 2. The van der Waals surface area contributed by atoms with Crippen molar-refractivity contribution in [2.75, 3.05) is 11.9 Å². The fourth-order valence-corrected chi connectivity index (χ4v) is 2.61. The second kappa shape index (κ2) is 6.22. The highest BCUT2D eigenvalue weighted by molar-refractivity contribution is 7.11. The van der Waals surface area contributed by atoms with E-state index in [4.69, 9.17) is 4.74 Å². The van der Waals surface area contributed by atoms with Crippen LogP contribution in [0.5, 0.6) is 5.88 Å². The molecule has 0 amide bonds. The summed E-state index contributed by atoms with van der Waals surface area (Å²) in [6.45, 7) is 9.84. The summed E-state index contributed by atoms with van der Waals surface area (Å²) >= 11 is 1.74. The maximum Gasteiger partial charge on any atom is 0.237 e. The molecule has 5 heteroatoms. The number of nitrogens with one attached hydrogen (secondary N) is 1. The van der Waals surface area contributed by atoms with E-state index in [1.165, 1.54) is 4.88 Å². The van der Waals surface area contributed by atoms with E-state index in [0.717, 1.165) is 17.2 Å². The van der Waals surface area contributed by atoms with Gasteiger partial charge in [-0.15, -0.1) is 11.3 Å². The van der Waals surface area contributed by atoms with Crippen LogP contribution < -0.4 is 10.1 Å². The van der Waals surface area contributed by atoms with E-state index in [-0.39, 0.29) is 5.41 Å². The first-order chi connectivity index (χ1) is 9.50. The van der Waals surface area contributed by atoms with Crippen molar-refractivity contribution in [2.24, 2.45) is 0 Å². The lowest BCUT2D eigenvalue weighted by atomic mass is 9.98. The molecular formula is C15H21N3OS. The minimum absolute atomic E-state index is 0.105. The molecule has 0 atom stereocenters. The average Bonchev–Trinajstić information content (AvgIpc) is 2.87. The SMILES string of the molecule is CCOc1ncccc1NCc1cnc(C(C)(C)C)s1. The van der Waals surface area contributed by atoms with Crippen molar-refractivity contribution < 1.29 is 4.74 Å². The highest BCUT2D eigenvalue weighted by atomic mass is 32.1. The number of hydrogen-bond donors (Lipinski definition) is 1. The van der Waals surface area contributed by atoms with Gasteiger partial charge in [0.15, 0.2) is 0 Å². The first-order valence-corrected chi connectivity index (χ1v) is 7.59. The number of ether oxygens (including phenoxy) is 1. The minimum Gasteiger partial charge on any atom is -0.476 e. The van der Waals surface area contributed by atoms with Gasteiger partial charge in [-0.3, -0.25) is 0 Å². The van der Waals surface area contributed by atoms with Crippen molar-refractivity contribution >= 4 is 17.0 Å². The first kappa shape index (κ1) is 14.8. The molecule has 1 N–H and O–H groups in total. The molecule has 20 heavy (non-hydrogen) atoms. The fourth-order valence-electron chi connectivity index (χ4n) is 1.70. The van der Waals surface area contributed by atoms with Gasteiger partial charge in [0.25, 0.3) is 0 Å². The second-order valence-electron chi connectivity index (χ2n) is 5.52. The van der Waals surface area contributed by atoms with E-state index < -0.39 is 0 Å². The molecule has 2 rings (SSSR count). The van der Waals surface area contributed by atoms with E-state index in [1.807, 2.05) is 25.3 Å². The number of rotatable bonds is 5. The van der Waals surface area contributed by atoms with Crippen LogP contribution in [0, 0.1) is 0 Å². The summed E-state index contributed by atoms with van der Waals surface area (Å²) < 4.78 is 5.50. The van der Waals surface area contributed by atoms with Gasteiger partial charge < -0.3 is 10.1 Å². The molecule has 2 aromatic rings. The number of hydrogen-bond acceptors (Lipinski definition) is 5. The Labute approximate surface area is 124 Å². The summed E-state index contributed by atoms with van der Waals surface area (Å²) in [5.74, 6) is 0.649. The predicted molar refractivity (Wildman–Crippen MR) is 83.5 cm³/mol. The van der Waals surface area contributed by atoms with Crippen molar-refractivity contribution in [1.29, 1.82) is 0 Å². The zero-order valence-electron chi connectivity index (χ0n) is 12.4. The molecule has 0 aromatic carbocycles. The summed E-state index contributed by atoms with van der Waals surface area (Å²) in [5, 5.41) is 4.52. The third-order valence-corrected chi connectivity index (χ3v) is 4.12. The summed E-state index contributed by atoms with van der Waals surface area (Å²) in [4.78, 5) is 9.93. The molecule has 0 aliphatic carbocycles. The van der Waals surface area contributed by atoms with Crippen molar-refractivity contribution in [3.05, 3.63) is 34.4 Å². The Balaban J connectivity index is 2.04. The van der Waals surface area contributed by atoms with E-state index in [1.54, 1.807) is 17.5 Å². The summed E-state index contributed by atoms with van der Waals surface area (Å²) in [5.41, 5.74) is 1.02. The lowest BCUT2D eigenvalue weighted by Gasteiger charge is -2.13. The van der Waals surface area contributed by atoms with Crippen LogP contribution in [-0.2, 0) is 12.0 Å². The van der Waals surface area contributed by atoms with Gasteiger partial charge in [0.2, 0.25) is 5.88 Å². The van der Waals surface area contributed by atoms with Crippen LogP contribution >= 0.6 is 11.3 Å². The maximum atomic E-state index is 5.50. The van der Waals surface area contributed by atoms with Crippen LogP contribution in [0.4, 0.5) is 5.69 Å². The molecule has 0 saturated carbocycles. The molecular weight excluding hydrogens is 270 g/mol. The van der Waals surface area contributed by atoms with Crippen molar-refractivity contribution in [2.45, 2.75) is 39.7 Å². The molecule has 0 aliphatic heterocycles. The Kier molecular flexibility index (Phi) is 4.60. The van der Waals surface area contributed by atoms with Gasteiger partial charge in [-0.2, -0.15) is 0 Å². The Bertz CT molecular complexity index is 560. The minimum atomic E-state index is 0.105. The summed E-state index contributed by atoms with van der Waals surface area (Å²) in [7, 11) is 0. The second-order valence-corrected chi connectivity index (χ2v) is 6.64. The maximum absolute atomic E-state index is 5.50. The Morgan fingerprint density at radius 3 is 2.75 bits per heavy atom. The summed E-state index contributed by atoms with van der Waals surface area (Å²) in [6, 6.07) is 3.88. The molecule has 4 nitrogen and oxygen atoms in total. The normalized spacial score (nSPS) is 11.4. The van der Waals surface area contributed by atoms with E-state index in [0.29, 0.717) is 12.5 Å². The van der Waals surface area contributed by atoms with Gasteiger partial charge in [0.05, 0.1) is 23.8 Å². The van der Waals surface area contributed by atoms with E-state index in [9.17, 15) is 0 Å². The van der Waals surface area contributed by atoms with E-state index >= 15 is 0 Å². The Hall–Kier alpha value is -1.62. The van der Waals surface area contributed by atoms with Crippen LogP contribution in [0.15, 0.2) is 24.5 Å². The Morgan fingerprint density at radius 2 is 2.10 bits per heavy atom. The molecule has 2 aromatic heterocycles. The third-order valence-electron chi connectivity index (χ3n) is 2.70. The molecule has 0 bridgehead atoms. The highest BCUT2D eigenvalue weighted by Gasteiger charge is 2.17. The number of thiazole rings is 1. The first-order valence-electron chi connectivity index (χ1n) is 6.77. The van der Waals surface area contributed by atoms with Gasteiger partial charge in [0.1, 0.15) is 0 Å². The average molecular weight is 291 g/mol. The molecule has 0 saturated heterocycles. The zero-order chi connectivity index (χ0) is 14.6. The van der Waals surface area contributed by atoms with E-state index in [2.05, 4.69) is 36.1 Å². The molecule has 0 fully saturated rings. The van der Waals surface area contributed by atoms with Gasteiger partial charge in [-0.1, -0.05) is 20.8 Å². The van der Waals surface area contributed by atoms with Crippen LogP contribution in [0.3, 0.4) is 0 Å². The molecule has 0 radical (unpaired) electrons. The van der Waals surface area contributed by atoms with Gasteiger partial charge in [-0.05, 0) is 19.1 Å². The van der Waals surface area contributed by atoms with Crippen LogP contribution in [-0.4, -0.2) is 16.6 Å². The lowest BCUT2D eigenvalue weighted by molar-refractivity contribution is 0.328. The number of anilines is 1. The number of nitrogens with zero attached hydrogens (tertiary/aromatic N) is 2. The van der Waals surface area contributed by atoms with Crippen molar-refractivity contribution in [1.82, 2.24) is 9.97 Å². The molecule has 108 valence electrons. The quantitative estimate of drug-likeness (QED) is 0.909. The lowest BCUT2D eigenvalue weighted by Crippen LogP contribution is -2.09. The topological polar surface area (TPSA) is 47.0 Å². The smallest absolute Gasteiger partial charge is 0.237 e. The third kappa shape index (κ3) is 3.70. The fraction of sp³-hybridized carbons (Fsp3) is 0.467. The molecule has 2 heterocycles. The van der Waals surface area contributed by atoms with Gasteiger partial charge in [-0.25, -0.2) is 9.97 Å². The predicted octanol–water partition coefficient (Wildman–Crippen LogP) is 3.85. The summed E-state index contributed by atoms with van der Waals surface area (Å²) in [6.07, 6.45) is 3.68.